The lowest BCUT2D eigenvalue weighted by Gasteiger charge is -2.20. The number of hydrogen-bond acceptors (Lipinski definition) is 11. The monoisotopic (exact) mass is 800 g/mol. The Balaban J connectivity index is 4.59. The van der Waals surface area contributed by atoms with Crippen molar-refractivity contribution in [2.75, 3.05) is 26.4 Å². The molecule has 0 aromatic carbocycles. The second-order valence-corrected chi connectivity index (χ2v) is 15.2. The van der Waals surface area contributed by atoms with Crippen molar-refractivity contribution in [1.29, 1.82) is 0 Å². The molecule has 0 aromatic heterocycles. The van der Waals surface area contributed by atoms with E-state index in [2.05, 4.69) is 30.5 Å². The van der Waals surface area contributed by atoms with Crippen molar-refractivity contribution in [3.8, 4) is 0 Å². The van der Waals surface area contributed by atoms with Gasteiger partial charge in [0.05, 0.1) is 32.0 Å². The van der Waals surface area contributed by atoms with Crippen LogP contribution in [0, 0.1) is 0 Å². The summed E-state index contributed by atoms with van der Waals surface area (Å²) >= 11 is 0. The average molecular weight is 801 g/mol. The van der Waals surface area contributed by atoms with Gasteiger partial charge in [-0.25, -0.2) is 4.57 Å². The molecule has 0 heterocycles. The fraction of sp³-hybridized carbons (Fsp3) is 0.714. The molecule has 12 nitrogen and oxygen atoms in total. The number of carbonyl (C=O) groups is 2. The molecule has 0 aliphatic carbocycles. The van der Waals surface area contributed by atoms with Gasteiger partial charge in [0.25, 0.3) is 0 Å². The van der Waals surface area contributed by atoms with Crippen molar-refractivity contribution < 1.29 is 58.0 Å². The summed E-state index contributed by atoms with van der Waals surface area (Å²) in [5.74, 6) is -1.17. The molecule has 0 amide bonds. The van der Waals surface area contributed by atoms with Gasteiger partial charge in [0, 0.05) is 12.8 Å². The number of carbonyl (C=O) groups excluding carboxylic acids is 2. The third kappa shape index (κ3) is 37.0. The van der Waals surface area contributed by atoms with Crippen molar-refractivity contribution >= 4 is 19.8 Å². The van der Waals surface area contributed by atoms with Crippen LogP contribution in [0.5, 0.6) is 0 Å². The van der Waals surface area contributed by atoms with Gasteiger partial charge in [0.1, 0.15) is 12.7 Å². The minimum absolute atomic E-state index is 0.0106. The van der Waals surface area contributed by atoms with Crippen LogP contribution in [-0.2, 0) is 32.7 Å². The summed E-state index contributed by atoms with van der Waals surface area (Å²) in [6, 6.07) is 0. The van der Waals surface area contributed by atoms with Gasteiger partial charge in [-0.05, 0) is 57.8 Å². The van der Waals surface area contributed by atoms with E-state index in [0.29, 0.717) is 25.7 Å². The number of ether oxygens (including phenoxy) is 2. The third-order valence-corrected chi connectivity index (χ3v) is 9.30. The number of rotatable bonds is 37. The summed E-state index contributed by atoms with van der Waals surface area (Å²) in [5, 5.41) is 38.4. The largest absolute Gasteiger partial charge is 0.472 e. The number of allylic oxidation sites excluding steroid dienone is 8. The number of aliphatic hydroxyl groups excluding tert-OH is 4. The van der Waals surface area contributed by atoms with Gasteiger partial charge < -0.3 is 34.8 Å². The van der Waals surface area contributed by atoms with Gasteiger partial charge in [-0.2, -0.15) is 0 Å². The van der Waals surface area contributed by atoms with Crippen LogP contribution in [0.25, 0.3) is 0 Å². The zero-order chi connectivity index (χ0) is 40.8. The minimum atomic E-state index is -4.67. The second-order valence-electron chi connectivity index (χ2n) is 13.7. The van der Waals surface area contributed by atoms with Crippen molar-refractivity contribution in [2.24, 2.45) is 0 Å². The van der Waals surface area contributed by atoms with Crippen LogP contribution >= 0.6 is 7.82 Å². The van der Waals surface area contributed by atoms with Gasteiger partial charge in [-0.3, -0.25) is 18.6 Å². The highest BCUT2D eigenvalue weighted by molar-refractivity contribution is 7.47. The maximum absolute atomic E-state index is 12.6. The van der Waals surface area contributed by atoms with E-state index in [-0.39, 0.29) is 12.8 Å². The van der Waals surface area contributed by atoms with Gasteiger partial charge in [-0.1, -0.05) is 132 Å². The Hall–Kier alpha value is -2.41. The van der Waals surface area contributed by atoms with Crippen LogP contribution in [0.2, 0.25) is 0 Å². The lowest BCUT2D eigenvalue weighted by molar-refractivity contribution is -0.161. The van der Waals surface area contributed by atoms with Gasteiger partial charge in [-0.15, -0.1) is 0 Å². The Bertz CT molecular complexity index is 1140. The Morgan fingerprint density at radius 1 is 0.618 bits per heavy atom. The summed E-state index contributed by atoms with van der Waals surface area (Å²) < 4.78 is 32.5. The van der Waals surface area contributed by atoms with Crippen LogP contribution in [0.4, 0.5) is 0 Å². The molecule has 0 aromatic rings. The van der Waals surface area contributed by atoms with Crippen LogP contribution in [0.3, 0.4) is 0 Å². The van der Waals surface area contributed by atoms with Crippen molar-refractivity contribution in [2.45, 2.75) is 167 Å². The molecule has 0 bridgehead atoms. The highest BCUT2D eigenvalue weighted by atomic mass is 31.2. The molecular weight excluding hydrogens is 727 g/mol. The third-order valence-electron chi connectivity index (χ3n) is 8.35. The zero-order valence-electron chi connectivity index (χ0n) is 33.6. The van der Waals surface area contributed by atoms with Crippen molar-refractivity contribution in [3.63, 3.8) is 0 Å². The number of phosphoric acid groups is 1. The predicted octanol–water partition coefficient (Wildman–Crippen LogP) is 8.27. The average Bonchev–Trinajstić information content (AvgIpc) is 3.16. The first kappa shape index (κ1) is 52.6. The SMILES string of the molecule is CCCCCC/C=C\CCCCCCCC(=O)O[C@H](COC(=O)CCC[C@@H](O)/C=C/C=C\C/C=C\C=C\[C@@H](O)CCCCC)COP(=O)(O)OC[C@@H](O)CO. The molecule has 5 atom stereocenters. The van der Waals surface area contributed by atoms with Crippen molar-refractivity contribution in [1.82, 2.24) is 0 Å². The van der Waals surface area contributed by atoms with Gasteiger partial charge in [0.15, 0.2) is 6.10 Å². The first-order valence-corrected chi connectivity index (χ1v) is 22.0. The number of hydrogen-bond donors (Lipinski definition) is 5. The van der Waals surface area contributed by atoms with E-state index in [4.69, 9.17) is 19.1 Å². The number of phosphoric ester groups is 1. The quantitative estimate of drug-likeness (QED) is 0.0133. The normalized spacial score (nSPS) is 15.7. The lowest BCUT2D eigenvalue weighted by atomic mass is 10.1. The molecule has 1 unspecified atom stereocenters. The fourth-order valence-corrected chi connectivity index (χ4v) is 5.87. The molecule has 0 aliphatic rings. The summed E-state index contributed by atoms with van der Waals surface area (Å²) in [5.41, 5.74) is 0. The molecule has 0 saturated carbocycles. The van der Waals surface area contributed by atoms with E-state index in [0.717, 1.165) is 64.2 Å². The molecule has 13 heteroatoms. The number of unbranched alkanes of at least 4 members (excludes halogenated alkanes) is 11. The highest BCUT2D eigenvalue weighted by Crippen LogP contribution is 2.43. The standard InChI is InChI=1S/C42H73O12P/c1-3-5-7-8-9-10-11-12-13-14-18-21-25-31-42(48)54-40(36-53-55(49,50)52-34-39(46)33-43)35-51-41(47)32-26-30-38(45)29-24-20-17-15-16-19-23-28-37(44)27-22-6-4-2/h10-11,16-17,19-20,23-24,28-29,37-40,43-46H,3-9,12-15,18,21-22,25-27,30-36H2,1-2H3,(H,49,50)/b11-10-,19-16-,20-17-,28-23+,29-24+/t37-,38-,39-,40+/m0/s1. The molecule has 0 saturated heterocycles. The molecule has 55 heavy (non-hydrogen) atoms. The summed E-state index contributed by atoms with van der Waals surface area (Å²) in [6.45, 7) is 1.97. The summed E-state index contributed by atoms with van der Waals surface area (Å²) in [7, 11) is -4.67. The Morgan fingerprint density at radius 2 is 1.15 bits per heavy atom. The maximum atomic E-state index is 12.6. The molecule has 0 aliphatic heterocycles. The Kier molecular flexibility index (Phi) is 35.6. The minimum Gasteiger partial charge on any atom is -0.462 e. The van der Waals surface area contributed by atoms with Crippen LogP contribution in [0.15, 0.2) is 60.8 Å². The molecule has 0 spiro atoms. The van der Waals surface area contributed by atoms with E-state index < -0.39 is 70.6 Å². The smallest absolute Gasteiger partial charge is 0.462 e. The van der Waals surface area contributed by atoms with Crippen molar-refractivity contribution in [3.05, 3.63) is 60.8 Å². The van der Waals surface area contributed by atoms with E-state index in [1.165, 1.54) is 25.7 Å². The lowest BCUT2D eigenvalue weighted by Crippen LogP contribution is -2.30. The Morgan fingerprint density at radius 3 is 1.76 bits per heavy atom. The first-order chi connectivity index (χ1) is 26.5. The molecular formula is C42H73O12P. The molecule has 5 N–H and O–H groups in total. The van der Waals surface area contributed by atoms with Gasteiger partial charge in [0.2, 0.25) is 0 Å². The fourth-order valence-electron chi connectivity index (χ4n) is 5.08. The second kappa shape index (κ2) is 37.2. The highest BCUT2D eigenvalue weighted by Gasteiger charge is 2.27. The van der Waals surface area contributed by atoms with Crippen LogP contribution in [0.1, 0.15) is 142 Å². The number of aliphatic hydroxyl groups is 4. The Labute approximate surface area is 331 Å². The predicted molar refractivity (Wildman–Crippen MR) is 217 cm³/mol. The molecule has 0 radical (unpaired) electrons. The van der Waals surface area contributed by atoms with E-state index in [1.807, 2.05) is 30.4 Å². The number of esters is 2. The summed E-state index contributed by atoms with van der Waals surface area (Å²) in [4.78, 5) is 34.9. The summed E-state index contributed by atoms with van der Waals surface area (Å²) in [6.07, 6.45) is 32.6. The molecule has 318 valence electrons. The molecule has 0 fully saturated rings. The topological polar surface area (TPSA) is 189 Å². The van der Waals surface area contributed by atoms with E-state index >= 15 is 0 Å². The maximum Gasteiger partial charge on any atom is 0.472 e. The molecule has 0 rings (SSSR count). The van der Waals surface area contributed by atoms with Crippen LogP contribution in [-0.4, -0.2) is 88.1 Å². The zero-order valence-corrected chi connectivity index (χ0v) is 34.5. The van der Waals surface area contributed by atoms with E-state index in [1.54, 1.807) is 18.2 Å². The van der Waals surface area contributed by atoms with Gasteiger partial charge >= 0.3 is 19.8 Å². The first-order valence-electron chi connectivity index (χ1n) is 20.5. The van der Waals surface area contributed by atoms with Crippen LogP contribution < -0.4 is 0 Å². The van der Waals surface area contributed by atoms with E-state index in [9.17, 15) is 34.4 Å².